The van der Waals surface area contributed by atoms with Crippen LogP contribution in [0.5, 0.6) is 0 Å². The lowest BCUT2D eigenvalue weighted by Gasteiger charge is -2.29. The summed E-state index contributed by atoms with van der Waals surface area (Å²) in [5.74, 6) is -1.08. The fraction of sp³-hybridized carbons (Fsp3) is 0.750. The minimum Gasteiger partial charge on any atom is -0.480 e. The number of aliphatic carboxylic acids is 1. The molecule has 1 aliphatic rings. The van der Waals surface area contributed by atoms with Gasteiger partial charge in [0, 0.05) is 19.6 Å². The van der Waals surface area contributed by atoms with Gasteiger partial charge in [0.25, 0.3) is 0 Å². The number of carbonyl (C=O) groups excluding carboxylic acids is 2. The zero-order valence-corrected chi connectivity index (χ0v) is 11.4. The third-order valence-electron chi connectivity index (χ3n) is 2.71. The van der Waals surface area contributed by atoms with Crippen molar-refractivity contribution >= 4 is 17.9 Å². The molecule has 108 valence electrons. The first-order valence-corrected chi connectivity index (χ1v) is 6.42. The number of carbonyl (C=O) groups is 3. The Bertz CT molecular complexity index is 357. The van der Waals surface area contributed by atoms with E-state index in [1.165, 1.54) is 9.80 Å². The summed E-state index contributed by atoms with van der Waals surface area (Å²) < 4.78 is 0. The number of urea groups is 1. The highest BCUT2D eigenvalue weighted by molar-refractivity contribution is 5.86. The van der Waals surface area contributed by atoms with Crippen LogP contribution in [0.25, 0.3) is 0 Å². The molecule has 1 heterocycles. The Kier molecular flexibility index (Phi) is 5.59. The molecule has 0 bridgehead atoms. The third-order valence-corrected chi connectivity index (χ3v) is 2.71. The molecule has 1 fully saturated rings. The van der Waals surface area contributed by atoms with E-state index in [2.05, 4.69) is 5.32 Å². The zero-order chi connectivity index (χ0) is 14.4. The molecule has 0 aromatic carbocycles. The molecule has 0 aromatic heterocycles. The van der Waals surface area contributed by atoms with E-state index in [1.807, 2.05) is 13.8 Å². The van der Waals surface area contributed by atoms with Gasteiger partial charge in [0.15, 0.2) is 0 Å². The van der Waals surface area contributed by atoms with E-state index in [0.29, 0.717) is 26.1 Å². The van der Waals surface area contributed by atoms with Crippen LogP contribution in [0.1, 0.15) is 20.3 Å². The summed E-state index contributed by atoms with van der Waals surface area (Å²) in [6, 6.07) is -0.381. The molecule has 1 aliphatic heterocycles. The number of carboxylic acid groups (broad SMARTS) is 1. The van der Waals surface area contributed by atoms with Crippen LogP contribution in [0.4, 0.5) is 4.79 Å². The third kappa shape index (κ3) is 5.15. The first-order valence-electron chi connectivity index (χ1n) is 6.42. The highest BCUT2D eigenvalue weighted by Gasteiger charge is 2.26. The van der Waals surface area contributed by atoms with Crippen molar-refractivity contribution in [1.82, 2.24) is 15.1 Å². The molecule has 0 aromatic rings. The molecule has 7 heteroatoms. The first kappa shape index (κ1) is 15.3. The van der Waals surface area contributed by atoms with Crippen LogP contribution in [-0.2, 0) is 9.59 Å². The quantitative estimate of drug-likeness (QED) is 0.751. The lowest BCUT2D eigenvalue weighted by atomic mass is 10.2. The number of rotatable bonds is 4. The average molecular weight is 271 g/mol. The van der Waals surface area contributed by atoms with Crippen LogP contribution in [-0.4, -0.2) is 65.5 Å². The van der Waals surface area contributed by atoms with Crippen molar-refractivity contribution in [2.75, 3.05) is 32.7 Å². The summed E-state index contributed by atoms with van der Waals surface area (Å²) in [6.07, 6.45) is 0.681. The topological polar surface area (TPSA) is 90.0 Å². The van der Waals surface area contributed by atoms with E-state index in [9.17, 15) is 14.4 Å². The first-order chi connectivity index (χ1) is 8.90. The van der Waals surface area contributed by atoms with E-state index in [-0.39, 0.29) is 30.9 Å². The summed E-state index contributed by atoms with van der Waals surface area (Å²) in [7, 11) is 0. The standard InChI is InChI=1S/C12H21N3O4/c1-9(2)6-15(8-11(17)18)12(19)14-5-3-4-13-10(16)7-14/h9H,3-8H2,1-2H3,(H,13,16)(H,17,18). The van der Waals surface area contributed by atoms with Crippen LogP contribution in [0.15, 0.2) is 0 Å². The molecule has 0 radical (unpaired) electrons. The molecule has 1 rings (SSSR count). The Balaban J connectivity index is 2.72. The van der Waals surface area contributed by atoms with Crippen molar-refractivity contribution in [3.8, 4) is 0 Å². The Morgan fingerprint density at radius 2 is 2.16 bits per heavy atom. The van der Waals surface area contributed by atoms with Gasteiger partial charge >= 0.3 is 12.0 Å². The van der Waals surface area contributed by atoms with E-state index >= 15 is 0 Å². The smallest absolute Gasteiger partial charge is 0.323 e. The van der Waals surface area contributed by atoms with Gasteiger partial charge in [0.05, 0.1) is 0 Å². The van der Waals surface area contributed by atoms with E-state index in [1.54, 1.807) is 0 Å². The van der Waals surface area contributed by atoms with E-state index in [4.69, 9.17) is 5.11 Å². The SMILES string of the molecule is CC(C)CN(CC(=O)O)C(=O)N1CCCNC(=O)C1. The van der Waals surface area contributed by atoms with Gasteiger partial charge in [0.2, 0.25) is 5.91 Å². The number of hydrogen-bond acceptors (Lipinski definition) is 3. The Morgan fingerprint density at radius 3 is 2.74 bits per heavy atom. The highest BCUT2D eigenvalue weighted by Crippen LogP contribution is 2.06. The molecular weight excluding hydrogens is 250 g/mol. The van der Waals surface area contributed by atoms with Gasteiger partial charge in [-0.25, -0.2) is 4.79 Å². The van der Waals surface area contributed by atoms with Crippen LogP contribution in [0, 0.1) is 5.92 Å². The number of amides is 3. The molecule has 0 atom stereocenters. The van der Waals surface area contributed by atoms with Gasteiger partial charge in [-0.2, -0.15) is 0 Å². The Hall–Kier alpha value is -1.79. The summed E-state index contributed by atoms with van der Waals surface area (Å²) in [5, 5.41) is 11.5. The van der Waals surface area contributed by atoms with Crippen molar-refractivity contribution in [3.05, 3.63) is 0 Å². The second-order valence-electron chi connectivity index (χ2n) is 5.08. The van der Waals surface area contributed by atoms with Crippen molar-refractivity contribution < 1.29 is 19.5 Å². The number of nitrogens with one attached hydrogen (secondary N) is 1. The molecule has 3 amide bonds. The second kappa shape index (κ2) is 6.96. The zero-order valence-electron chi connectivity index (χ0n) is 11.4. The van der Waals surface area contributed by atoms with Gasteiger partial charge < -0.3 is 20.2 Å². The molecule has 0 saturated carbocycles. The molecular formula is C12H21N3O4. The Morgan fingerprint density at radius 1 is 1.47 bits per heavy atom. The van der Waals surface area contributed by atoms with E-state index in [0.717, 1.165) is 0 Å². The number of hydrogen-bond donors (Lipinski definition) is 2. The predicted octanol–water partition coefficient (Wildman–Crippen LogP) is -0.0291. The van der Waals surface area contributed by atoms with Crippen LogP contribution >= 0.6 is 0 Å². The second-order valence-corrected chi connectivity index (χ2v) is 5.08. The molecule has 7 nitrogen and oxygen atoms in total. The Labute approximate surface area is 112 Å². The minimum atomic E-state index is -1.05. The number of nitrogens with zero attached hydrogens (tertiary/aromatic N) is 2. The van der Waals surface area contributed by atoms with Gasteiger partial charge in [0.1, 0.15) is 13.1 Å². The lowest BCUT2D eigenvalue weighted by molar-refractivity contribution is -0.137. The van der Waals surface area contributed by atoms with Crippen LogP contribution < -0.4 is 5.32 Å². The van der Waals surface area contributed by atoms with Crippen molar-refractivity contribution in [3.63, 3.8) is 0 Å². The molecule has 1 saturated heterocycles. The van der Waals surface area contributed by atoms with Gasteiger partial charge in [-0.05, 0) is 12.3 Å². The maximum atomic E-state index is 12.3. The van der Waals surface area contributed by atoms with Gasteiger partial charge in [-0.1, -0.05) is 13.8 Å². The maximum Gasteiger partial charge on any atom is 0.323 e. The van der Waals surface area contributed by atoms with Crippen LogP contribution in [0.3, 0.4) is 0 Å². The lowest BCUT2D eigenvalue weighted by Crippen LogP contribution is -2.48. The molecule has 0 spiro atoms. The summed E-state index contributed by atoms with van der Waals surface area (Å²) in [6.45, 7) is 4.86. The molecule has 19 heavy (non-hydrogen) atoms. The molecule has 2 N–H and O–H groups in total. The van der Waals surface area contributed by atoms with Gasteiger partial charge in [-0.3, -0.25) is 9.59 Å². The van der Waals surface area contributed by atoms with Gasteiger partial charge in [-0.15, -0.1) is 0 Å². The largest absolute Gasteiger partial charge is 0.480 e. The maximum absolute atomic E-state index is 12.3. The summed E-state index contributed by atoms with van der Waals surface area (Å²) in [5.41, 5.74) is 0. The summed E-state index contributed by atoms with van der Waals surface area (Å²) in [4.78, 5) is 37.2. The summed E-state index contributed by atoms with van der Waals surface area (Å²) >= 11 is 0. The average Bonchev–Trinajstić information content (AvgIpc) is 2.50. The van der Waals surface area contributed by atoms with E-state index < -0.39 is 5.97 Å². The fourth-order valence-electron chi connectivity index (χ4n) is 1.98. The van der Waals surface area contributed by atoms with Crippen molar-refractivity contribution in [2.24, 2.45) is 5.92 Å². The highest BCUT2D eigenvalue weighted by atomic mass is 16.4. The normalized spacial score (nSPS) is 15.9. The predicted molar refractivity (Wildman–Crippen MR) is 68.6 cm³/mol. The molecule has 0 aliphatic carbocycles. The number of carboxylic acids is 1. The fourth-order valence-corrected chi connectivity index (χ4v) is 1.98. The van der Waals surface area contributed by atoms with Crippen molar-refractivity contribution in [2.45, 2.75) is 20.3 Å². The minimum absolute atomic E-state index is 0.00690. The van der Waals surface area contributed by atoms with Crippen LogP contribution in [0.2, 0.25) is 0 Å². The van der Waals surface area contributed by atoms with Crippen molar-refractivity contribution in [1.29, 1.82) is 0 Å². The molecule has 0 unspecified atom stereocenters. The monoisotopic (exact) mass is 271 g/mol.